The third-order valence-electron chi connectivity index (χ3n) is 3.06. The number of aromatic hydroxyl groups is 1. The second kappa shape index (κ2) is 8.53. The topological polar surface area (TPSA) is 41.9 Å². The maximum absolute atomic E-state index is 10.0. The molecule has 0 spiro atoms. The minimum atomic E-state index is 0.263. The average Bonchev–Trinajstić information content (AvgIpc) is 2.39. The van der Waals surface area contributed by atoms with Gasteiger partial charge in [0.2, 0.25) is 0 Å². The van der Waals surface area contributed by atoms with Crippen LogP contribution in [0.5, 0.6) is 5.75 Å². The Bertz CT molecular complexity index is 387. The molecule has 0 heterocycles. The number of rotatable bonds is 8. The van der Waals surface area contributed by atoms with E-state index in [-0.39, 0.29) is 6.04 Å². The molecule has 108 valence electrons. The van der Waals surface area contributed by atoms with Crippen LogP contribution in [-0.2, 0) is 16.0 Å². The van der Waals surface area contributed by atoms with E-state index in [9.17, 15) is 5.11 Å². The molecule has 1 aromatic rings. The summed E-state index contributed by atoms with van der Waals surface area (Å²) in [5.74, 6) is 0.300. The fourth-order valence-corrected chi connectivity index (χ4v) is 2.32. The molecule has 0 aliphatic carbocycles. The number of para-hydroxylation sites is 1. The molecule has 0 amide bonds. The van der Waals surface area contributed by atoms with Gasteiger partial charge in [0.25, 0.3) is 0 Å². The summed E-state index contributed by atoms with van der Waals surface area (Å²) in [6.45, 7) is 4.88. The van der Waals surface area contributed by atoms with Crippen molar-refractivity contribution >= 4 is 15.9 Å². The zero-order valence-electron chi connectivity index (χ0n) is 11.7. The summed E-state index contributed by atoms with van der Waals surface area (Å²) in [4.78, 5) is 2.23. The molecule has 0 aromatic heterocycles. The first-order chi connectivity index (χ1) is 9.10. The van der Waals surface area contributed by atoms with Crippen LogP contribution in [0, 0.1) is 0 Å². The predicted molar refractivity (Wildman–Crippen MR) is 79.4 cm³/mol. The van der Waals surface area contributed by atoms with Gasteiger partial charge in [0.15, 0.2) is 0 Å². The summed E-state index contributed by atoms with van der Waals surface area (Å²) in [5.41, 5.74) is 0.897. The Balaban J connectivity index is 2.78. The maximum Gasteiger partial charge on any atom is 0.134 e. The zero-order chi connectivity index (χ0) is 14.3. The number of benzene rings is 1. The molecular weight excluding hydrogens is 310 g/mol. The van der Waals surface area contributed by atoms with Gasteiger partial charge >= 0.3 is 0 Å². The van der Waals surface area contributed by atoms with E-state index in [0.29, 0.717) is 25.5 Å². The van der Waals surface area contributed by atoms with Crippen LogP contribution in [0.1, 0.15) is 12.5 Å². The highest BCUT2D eigenvalue weighted by molar-refractivity contribution is 9.10. The predicted octanol–water partition coefficient (Wildman–Crippen LogP) is 2.64. The lowest BCUT2D eigenvalue weighted by molar-refractivity contribution is 0.0700. The van der Waals surface area contributed by atoms with Crippen molar-refractivity contribution in [1.82, 2.24) is 4.90 Å². The number of hydrogen-bond donors (Lipinski definition) is 1. The molecular formula is C14H22BrNO3. The summed E-state index contributed by atoms with van der Waals surface area (Å²) < 4.78 is 11.1. The van der Waals surface area contributed by atoms with E-state index >= 15 is 0 Å². The van der Waals surface area contributed by atoms with Crippen LogP contribution < -0.4 is 0 Å². The minimum Gasteiger partial charge on any atom is -0.506 e. The minimum absolute atomic E-state index is 0.263. The summed E-state index contributed by atoms with van der Waals surface area (Å²) in [5, 5.41) is 10.0. The van der Waals surface area contributed by atoms with Gasteiger partial charge in [-0.3, -0.25) is 4.90 Å². The van der Waals surface area contributed by atoms with Crippen molar-refractivity contribution in [3.05, 3.63) is 28.2 Å². The van der Waals surface area contributed by atoms with E-state index in [2.05, 4.69) is 27.8 Å². The monoisotopic (exact) mass is 331 g/mol. The van der Waals surface area contributed by atoms with Crippen LogP contribution in [-0.4, -0.2) is 50.0 Å². The third-order valence-corrected chi connectivity index (χ3v) is 3.70. The van der Waals surface area contributed by atoms with Crippen molar-refractivity contribution < 1.29 is 14.6 Å². The number of halogens is 1. The molecule has 1 N–H and O–H groups in total. The summed E-state index contributed by atoms with van der Waals surface area (Å²) >= 11 is 3.34. The second-order valence-corrected chi connectivity index (χ2v) is 5.37. The van der Waals surface area contributed by atoms with E-state index in [0.717, 1.165) is 16.6 Å². The Kier molecular flexibility index (Phi) is 7.38. The lowest BCUT2D eigenvalue weighted by Crippen LogP contribution is -2.38. The molecule has 0 aliphatic rings. The molecule has 1 unspecified atom stereocenters. The van der Waals surface area contributed by atoms with E-state index in [1.807, 2.05) is 18.2 Å². The lowest BCUT2D eigenvalue weighted by atomic mass is 10.1. The average molecular weight is 332 g/mol. The van der Waals surface area contributed by atoms with E-state index in [1.54, 1.807) is 14.2 Å². The molecule has 4 nitrogen and oxygen atoms in total. The molecule has 0 aliphatic heterocycles. The number of ether oxygens (including phenoxy) is 2. The standard InChI is InChI=1S/C14H22BrNO3/c1-11(10-19-3)16(7-8-18-2)9-12-5-4-6-13(15)14(12)17/h4-6,11,17H,7-10H2,1-3H3. The third kappa shape index (κ3) is 5.10. The van der Waals surface area contributed by atoms with Crippen molar-refractivity contribution in [2.75, 3.05) is 34.0 Å². The van der Waals surface area contributed by atoms with Gasteiger partial charge in [0.05, 0.1) is 17.7 Å². The number of methoxy groups -OCH3 is 2. The van der Waals surface area contributed by atoms with Crippen molar-refractivity contribution in [3.63, 3.8) is 0 Å². The van der Waals surface area contributed by atoms with Gasteiger partial charge in [0, 0.05) is 38.9 Å². The quantitative estimate of drug-likeness (QED) is 0.795. The van der Waals surface area contributed by atoms with Crippen LogP contribution in [0.25, 0.3) is 0 Å². The van der Waals surface area contributed by atoms with Gasteiger partial charge in [0.1, 0.15) is 5.75 Å². The highest BCUT2D eigenvalue weighted by atomic mass is 79.9. The first-order valence-electron chi connectivity index (χ1n) is 6.28. The van der Waals surface area contributed by atoms with Gasteiger partial charge in [-0.05, 0) is 28.9 Å². The number of phenolic OH excluding ortho intramolecular Hbond substituents is 1. The molecule has 1 aromatic carbocycles. The fraction of sp³-hybridized carbons (Fsp3) is 0.571. The van der Waals surface area contributed by atoms with Crippen LogP contribution in [0.3, 0.4) is 0 Å². The summed E-state index contributed by atoms with van der Waals surface area (Å²) in [6.07, 6.45) is 0. The highest BCUT2D eigenvalue weighted by Gasteiger charge is 2.16. The Hall–Kier alpha value is -0.620. The number of nitrogens with zero attached hydrogens (tertiary/aromatic N) is 1. The number of hydrogen-bond acceptors (Lipinski definition) is 4. The van der Waals surface area contributed by atoms with Gasteiger partial charge in [-0.2, -0.15) is 0 Å². The van der Waals surface area contributed by atoms with Crippen molar-refractivity contribution in [2.45, 2.75) is 19.5 Å². The molecule has 0 radical (unpaired) electrons. The normalized spacial score (nSPS) is 12.9. The van der Waals surface area contributed by atoms with Crippen LogP contribution >= 0.6 is 15.9 Å². The van der Waals surface area contributed by atoms with Gasteiger partial charge < -0.3 is 14.6 Å². The van der Waals surface area contributed by atoms with E-state index in [1.165, 1.54) is 0 Å². The fourth-order valence-electron chi connectivity index (χ4n) is 1.92. The van der Waals surface area contributed by atoms with Crippen LogP contribution in [0.2, 0.25) is 0 Å². The highest BCUT2D eigenvalue weighted by Crippen LogP contribution is 2.28. The Morgan fingerprint density at radius 3 is 2.68 bits per heavy atom. The maximum atomic E-state index is 10.0. The Morgan fingerprint density at radius 2 is 2.05 bits per heavy atom. The van der Waals surface area contributed by atoms with Crippen molar-refractivity contribution in [1.29, 1.82) is 0 Å². The zero-order valence-corrected chi connectivity index (χ0v) is 13.3. The lowest BCUT2D eigenvalue weighted by Gasteiger charge is -2.28. The van der Waals surface area contributed by atoms with Gasteiger partial charge in [-0.15, -0.1) is 0 Å². The first kappa shape index (κ1) is 16.4. The van der Waals surface area contributed by atoms with Crippen molar-refractivity contribution in [2.24, 2.45) is 0 Å². The van der Waals surface area contributed by atoms with Crippen molar-refractivity contribution in [3.8, 4) is 5.75 Å². The van der Waals surface area contributed by atoms with E-state index < -0.39 is 0 Å². The van der Waals surface area contributed by atoms with E-state index in [4.69, 9.17) is 9.47 Å². The first-order valence-corrected chi connectivity index (χ1v) is 7.07. The molecule has 0 fully saturated rings. The molecule has 1 atom stereocenters. The second-order valence-electron chi connectivity index (χ2n) is 4.52. The number of phenols is 1. The summed E-state index contributed by atoms with van der Waals surface area (Å²) in [7, 11) is 3.39. The Labute approximate surface area is 123 Å². The molecule has 0 saturated carbocycles. The molecule has 0 saturated heterocycles. The van der Waals surface area contributed by atoms with Gasteiger partial charge in [-0.25, -0.2) is 0 Å². The summed E-state index contributed by atoms with van der Waals surface area (Å²) in [6, 6.07) is 5.95. The molecule has 19 heavy (non-hydrogen) atoms. The van der Waals surface area contributed by atoms with Crippen LogP contribution in [0.15, 0.2) is 22.7 Å². The smallest absolute Gasteiger partial charge is 0.134 e. The Morgan fingerprint density at radius 1 is 1.32 bits per heavy atom. The largest absolute Gasteiger partial charge is 0.506 e. The van der Waals surface area contributed by atoms with Gasteiger partial charge in [-0.1, -0.05) is 12.1 Å². The molecule has 5 heteroatoms. The molecule has 0 bridgehead atoms. The SMILES string of the molecule is COCCN(Cc1cccc(Br)c1O)C(C)COC. The van der Waals surface area contributed by atoms with Crippen LogP contribution in [0.4, 0.5) is 0 Å². The molecule has 1 rings (SSSR count).